The van der Waals surface area contributed by atoms with Crippen LogP contribution in [-0.2, 0) is 13.1 Å². The lowest BCUT2D eigenvalue weighted by molar-refractivity contribution is 0.100. The first-order valence-corrected chi connectivity index (χ1v) is 10.7. The smallest absolute Gasteiger partial charge is 0.263 e. The van der Waals surface area contributed by atoms with Crippen LogP contribution in [0.2, 0.25) is 5.02 Å². The maximum absolute atomic E-state index is 13.6. The van der Waals surface area contributed by atoms with E-state index in [4.69, 9.17) is 21.8 Å². The third-order valence-electron chi connectivity index (χ3n) is 4.88. The number of hydrogen-bond donors (Lipinski definition) is 2. The monoisotopic (exact) mass is 489 g/mol. The van der Waals surface area contributed by atoms with Crippen LogP contribution in [0, 0.1) is 5.82 Å². The maximum atomic E-state index is 13.6. The van der Waals surface area contributed by atoms with Gasteiger partial charge in [-0.05, 0) is 17.3 Å². The number of furan rings is 1. The molecule has 14 heteroatoms. The van der Waals surface area contributed by atoms with Crippen LogP contribution in [0.25, 0.3) is 21.2 Å². The number of nitrogens with zero attached hydrogens (tertiary/aromatic N) is 6. The Kier molecular flexibility index (Phi) is 5.15. The van der Waals surface area contributed by atoms with Gasteiger partial charge >= 0.3 is 0 Å². The van der Waals surface area contributed by atoms with Crippen molar-refractivity contribution in [2.24, 2.45) is 5.73 Å². The number of thiophene rings is 1. The van der Waals surface area contributed by atoms with Crippen molar-refractivity contribution < 1.29 is 18.7 Å². The number of hydrogen-bond acceptors (Lipinski definition) is 9. The van der Waals surface area contributed by atoms with Crippen molar-refractivity contribution in [2.75, 3.05) is 0 Å². The second kappa shape index (κ2) is 8.03. The molecule has 0 fully saturated rings. The summed E-state index contributed by atoms with van der Waals surface area (Å²) in [6, 6.07) is 4.08. The quantitative estimate of drug-likeness (QED) is 0.366. The van der Waals surface area contributed by atoms with E-state index < -0.39 is 23.4 Å². The number of amides is 1. The normalized spacial score (nSPS) is 12.6. The molecule has 0 aliphatic heterocycles. The molecule has 0 aliphatic rings. The van der Waals surface area contributed by atoms with Gasteiger partial charge in [0.2, 0.25) is 5.91 Å². The summed E-state index contributed by atoms with van der Waals surface area (Å²) in [6.45, 7) is -0.167. The molecule has 4 aromatic heterocycles. The Bertz CT molecular complexity index is 1550. The molecule has 0 saturated carbocycles. The molecule has 1 amide bonds. The van der Waals surface area contributed by atoms with E-state index in [1.807, 2.05) is 0 Å². The molecule has 3 N–H and O–H groups in total. The Balaban J connectivity index is 1.35. The minimum Gasteiger partial charge on any atom is -0.458 e. The summed E-state index contributed by atoms with van der Waals surface area (Å²) in [5.74, 6) is -0.991. The highest BCUT2D eigenvalue weighted by Gasteiger charge is 2.19. The van der Waals surface area contributed by atoms with Crippen LogP contribution in [-0.4, -0.2) is 40.8 Å². The number of carbonyl (C=O) groups is 1. The van der Waals surface area contributed by atoms with Gasteiger partial charge in [0.15, 0.2) is 5.82 Å². The standard InChI is InChI=1S/C19H13ClFN7O4S/c20-10-1-8-2-14(32-13(8)3-11(10)21)12(29)4-28-25-15(24-26-28)5-27-7-23-18-16(19(27)31)9(6-33-18)17(22)30/h1-3,6-7,12,29H,4-5H2,(H2,22,30)/t12-/m0/s1. The number of aliphatic hydroxyl groups is 1. The van der Waals surface area contributed by atoms with Crippen LogP contribution in [0.5, 0.6) is 0 Å². The maximum Gasteiger partial charge on any atom is 0.263 e. The summed E-state index contributed by atoms with van der Waals surface area (Å²) in [4.78, 5) is 30.0. The highest BCUT2D eigenvalue weighted by molar-refractivity contribution is 7.17. The largest absolute Gasteiger partial charge is 0.458 e. The zero-order chi connectivity index (χ0) is 23.3. The van der Waals surface area contributed by atoms with Crippen molar-refractivity contribution in [2.45, 2.75) is 19.2 Å². The van der Waals surface area contributed by atoms with Crippen LogP contribution in [0.1, 0.15) is 28.0 Å². The summed E-state index contributed by atoms with van der Waals surface area (Å²) in [5, 5.41) is 24.5. The predicted molar refractivity (Wildman–Crippen MR) is 115 cm³/mol. The molecule has 168 valence electrons. The van der Waals surface area contributed by atoms with Gasteiger partial charge in [0.25, 0.3) is 5.56 Å². The molecule has 11 nitrogen and oxygen atoms in total. The molecule has 0 radical (unpaired) electrons. The fraction of sp³-hybridized carbons (Fsp3) is 0.158. The van der Waals surface area contributed by atoms with Gasteiger partial charge in [-0.1, -0.05) is 11.6 Å². The number of rotatable bonds is 6. The second-order valence-corrected chi connectivity index (χ2v) is 8.37. The topological polar surface area (TPSA) is 155 Å². The van der Waals surface area contributed by atoms with Gasteiger partial charge in [0, 0.05) is 16.8 Å². The molecule has 1 aromatic carbocycles. The third kappa shape index (κ3) is 3.86. The molecule has 0 unspecified atom stereocenters. The second-order valence-electron chi connectivity index (χ2n) is 7.10. The zero-order valence-electron chi connectivity index (χ0n) is 16.5. The molecule has 5 rings (SSSR count). The molecule has 4 heterocycles. The van der Waals surface area contributed by atoms with E-state index in [9.17, 15) is 19.1 Å². The Labute approximate surface area is 191 Å². The fourth-order valence-corrected chi connectivity index (χ4v) is 4.35. The van der Waals surface area contributed by atoms with E-state index in [-0.39, 0.29) is 46.2 Å². The van der Waals surface area contributed by atoms with Gasteiger partial charge in [-0.3, -0.25) is 14.2 Å². The molecule has 33 heavy (non-hydrogen) atoms. The number of benzene rings is 1. The lowest BCUT2D eigenvalue weighted by Crippen LogP contribution is -2.23. The zero-order valence-corrected chi connectivity index (χ0v) is 18.0. The Morgan fingerprint density at radius 1 is 1.36 bits per heavy atom. The van der Waals surface area contributed by atoms with Crippen molar-refractivity contribution >= 4 is 50.0 Å². The first-order valence-electron chi connectivity index (χ1n) is 9.40. The number of halogens is 2. The number of primary amides is 1. The molecule has 5 aromatic rings. The average molecular weight is 490 g/mol. The Morgan fingerprint density at radius 3 is 2.97 bits per heavy atom. The van der Waals surface area contributed by atoms with Crippen molar-refractivity contribution in [3.05, 3.63) is 68.2 Å². The SMILES string of the molecule is NC(=O)c1csc2ncn(Cc3nnn(C[C@H](O)c4cc5cc(Cl)c(F)cc5o4)n3)c(=O)c12. The van der Waals surface area contributed by atoms with E-state index in [1.54, 1.807) is 6.07 Å². The summed E-state index contributed by atoms with van der Waals surface area (Å²) in [5.41, 5.74) is 5.22. The molecule has 0 bridgehead atoms. The van der Waals surface area contributed by atoms with Crippen LogP contribution in [0.4, 0.5) is 4.39 Å². The highest BCUT2D eigenvalue weighted by atomic mass is 35.5. The lowest BCUT2D eigenvalue weighted by atomic mass is 10.2. The first kappa shape index (κ1) is 21.2. The number of fused-ring (bicyclic) bond motifs is 2. The van der Waals surface area contributed by atoms with Crippen molar-refractivity contribution in [1.82, 2.24) is 29.8 Å². The third-order valence-corrected chi connectivity index (χ3v) is 6.05. The minimum absolute atomic E-state index is 0.0553. The van der Waals surface area contributed by atoms with Crippen LogP contribution < -0.4 is 11.3 Å². The average Bonchev–Trinajstić information content (AvgIpc) is 3.49. The van der Waals surface area contributed by atoms with E-state index >= 15 is 0 Å². The van der Waals surface area contributed by atoms with E-state index in [2.05, 4.69) is 20.4 Å². The summed E-state index contributed by atoms with van der Waals surface area (Å²) in [7, 11) is 0. The minimum atomic E-state index is -1.15. The van der Waals surface area contributed by atoms with Gasteiger partial charge in [-0.2, -0.15) is 4.80 Å². The van der Waals surface area contributed by atoms with Crippen LogP contribution in [0.15, 0.2) is 39.1 Å². The van der Waals surface area contributed by atoms with Gasteiger partial charge < -0.3 is 15.3 Å². The van der Waals surface area contributed by atoms with Crippen molar-refractivity contribution in [3.63, 3.8) is 0 Å². The van der Waals surface area contributed by atoms with Gasteiger partial charge in [0.05, 0.1) is 35.4 Å². The molecular weight excluding hydrogens is 477 g/mol. The van der Waals surface area contributed by atoms with E-state index in [1.165, 1.54) is 22.3 Å². The fourth-order valence-electron chi connectivity index (χ4n) is 3.29. The molecule has 0 spiro atoms. The van der Waals surface area contributed by atoms with Gasteiger partial charge in [-0.25, -0.2) is 9.37 Å². The predicted octanol–water partition coefficient (Wildman–Crippen LogP) is 1.86. The van der Waals surface area contributed by atoms with Gasteiger partial charge in [0.1, 0.15) is 28.1 Å². The summed E-state index contributed by atoms with van der Waals surface area (Å²) in [6.07, 6.45) is 0.172. The summed E-state index contributed by atoms with van der Waals surface area (Å²) < 4.78 is 20.3. The molecule has 0 aliphatic carbocycles. The molecule has 0 saturated heterocycles. The number of tetrazole rings is 1. The lowest BCUT2D eigenvalue weighted by Gasteiger charge is -2.05. The Morgan fingerprint density at radius 2 is 2.18 bits per heavy atom. The van der Waals surface area contributed by atoms with E-state index in [0.29, 0.717) is 10.2 Å². The summed E-state index contributed by atoms with van der Waals surface area (Å²) >= 11 is 6.92. The van der Waals surface area contributed by atoms with E-state index in [0.717, 1.165) is 22.2 Å². The Hall–Kier alpha value is -3.68. The number of carbonyl (C=O) groups excluding carboxylic acids is 1. The molecule has 1 atom stereocenters. The van der Waals surface area contributed by atoms with Crippen LogP contribution >= 0.6 is 22.9 Å². The highest BCUT2D eigenvalue weighted by Crippen LogP contribution is 2.29. The number of aromatic nitrogens is 6. The number of nitrogens with two attached hydrogens (primary N) is 1. The number of aliphatic hydroxyl groups excluding tert-OH is 1. The first-order chi connectivity index (χ1) is 15.8. The van der Waals surface area contributed by atoms with Gasteiger partial charge in [-0.15, -0.1) is 21.5 Å². The van der Waals surface area contributed by atoms with Crippen molar-refractivity contribution in [1.29, 1.82) is 0 Å². The van der Waals surface area contributed by atoms with Crippen molar-refractivity contribution in [3.8, 4) is 0 Å². The van der Waals surface area contributed by atoms with Crippen LogP contribution in [0.3, 0.4) is 0 Å². The molecular formula is C19H13ClFN7O4S.